The van der Waals surface area contributed by atoms with Crippen molar-refractivity contribution < 1.29 is 19.1 Å². The zero-order valence-corrected chi connectivity index (χ0v) is 17.9. The smallest absolute Gasteiger partial charge is 0.249 e. The van der Waals surface area contributed by atoms with Crippen LogP contribution in [0, 0.1) is 0 Å². The topological polar surface area (TPSA) is 89.0 Å². The molecule has 0 heterocycles. The van der Waals surface area contributed by atoms with Crippen LogP contribution in [0.2, 0.25) is 5.02 Å². The summed E-state index contributed by atoms with van der Waals surface area (Å²) >= 11 is 5.98. The fourth-order valence-corrected chi connectivity index (χ4v) is 2.62. The Hall–Kier alpha value is -3.06. The molecule has 0 aliphatic carbocycles. The molecule has 2 aromatic rings. The molecule has 0 radical (unpaired) electrons. The lowest BCUT2D eigenvalue weighted by Crippen LogP contribution is -2.24. The highest BCUT2D eigenvalue weighted by Gasteiger charge is 2.10. The number of amides is 2. The first kappa shape index (κ1) is 23.2. The van der Waals surface area contributed by atoms with Crippen molar-refractivity contribution in [3.63, 3.8) is 0 Å². The van der Waals surface area contributed by atoms with E-state index in [2.05, 4.69) is 22.8 Å². The van der Waals surface area contributed by atoms with Crippen molar-refractivity contribution in [2.24, 2.45) is 5.10 Å². The van der Waals surface area contributed by atoms with E-state index in [4.69, 9.17) is 21.1 Å². The third-order valence-electron chi connectivity index (χ3n) is 3.89. The number of ether oxygens (including phenoxy) is 2. The first-order chi connectivity index (χ1) is 14.5. The Morgan fingerprint density at radius 2 is 1.87 bits per heavy atom. The number of unbranched alkanes of at least 4 members (excludes halogenated alkanes) is 1. The summed E-state index contributed by atoms with van der Waals surface area (Å²) in [5.41, 5.74) is 3.51. The maximum atomic E-state index is 12.0. The van der Waals surface area contributed by atoms with Crippen LogP contribution < -0.4 is 20.2 Å². The summed E-state index contributed by atoms with van der Waals surface area (Å²) in [6, 6.07) is 12.2. The summed E-state index contributed by atoms with van der Waals surface area (Å²) in [6.07, 6.45) is 3.11. The number of benzene rings is 2. The van der Waals surface area contributed by atoms with Gasteiger partial charge >= 0.3 is 0 Å². The van der Waals surface area contributed by atoms with Gasteiger partial charge in [0.05, 0.1) is 30.1 Å². The number of rotatable bonds is 11. The summed E-state index contributed by atoms with van der Waals surface area (Å²) in [4.78, 5) is 23.9. The summed E-state index contributed by atoms with van der Waals surface area (Å²) in [5.74, 6) is 0.258. The SMILES string of the molecule is CCCCOc1ccc(C=NNC(=O)CC(=O)Nc2ccccc2Cl)cc1OCC. The fourth-order valence-electron chi connectivity index (χ4n) is 2.44. The van der Waals surface area contributed by atoms with Gasteiger partial charge in [-0.3, -0.25) is 9.59 Å². The molecule has 160 valence electrons. The monoisotopic (exact) mass is 431 g/mol. The molecular formula is C22H26ClN3O4. The lowest BCUT2D eigenvalue weighted by molar-refractivity contribution is -0.126. The maximum Gasteiger partial charge on any atom is 0.249 e. The van der Waals surface area contributed by atoms with Crippen molar-refractivity contribution in [1.29, 1.82) is 0 Å². The van der Waals surface area contributed by atoms with Crippen molar-refractivity contribution in [3.8, 4) is 11.5 Å². The Kier molecular flexibility index (Phi) is 9.67. The van der Waals surface area contributed by atoms with Crippen LogP contribution in [0.25, 0.3) is 0 Å². The number of nitrogens with zero attached hydrogens (tertiary/aromatic N) is 1. The van der Waals surface area contributed by atoms with Gasteiger partial charge in [0.1, 0.15) is 6.42 Å². The molecule has 7 nitrogen and oxygen atoms in total. The van der Waals surface area contributed by atoms with Gasteiger partial charge in [0.25, 0.3) is 0 Å². The van der Waals surface area contributed by atoms with Crippen molar-refractivity contribution in [2.75, 3.05) is 18.5 Å². The number of hydrazone groups is 1. The fraction of sp³-hybridized carbons (Fsp3) is 0.318. The molecule has 8 heteroatoms. The maximum absolute atomic E-state index is 12.0. The van der Waals surface area contributed by atoms with Crippen LogP contribution in [0.1, 0.15) is 38.7 Å². The Morgan fingerprint density at radius 3 is 2.60 bits per heavy atom. The molecule has 2 aromatic carbocycles. The molecule has 2 N–H and O–H groups in total. The lowest BCUT2D eigenvalue weighted by atomic mass is 10.2. The molecular weight excluding hydrogens is 406 g/mol. The van der Waals surface area contributed by atoms with Gasteiger partial charge in [-0.05, 0) is 49.2 Å². The van der Waals surface area contributed by atoms with Crippen LogP contribution in [-0.4, -0.2) is 31.2 Å². The molecule has 0 saturated carbocycles. The molecule has 0 spiro atoms. The molecule has 0 bridgehead atoms. The van der Waals surface area contributed by atoms with Gasteiger partial charge in [-0.1, -0.05) is 37.1 Å². The first-order valence-corrected chi connectivity index (χ1v) is 10.2. The highest BCUT2D eigenvalue weighted by Crippen LogP contribution is 2.28. The second-order valence-electron chi connectivity index (χ2n) is 6.34. The quantitative estimate of drug-likeness (QED) is 0.239. The van der Waals surface area contributed by atoms with Crippen molar-refractivity contribution in [3.05, 3.63) is 53.1 Å². The number of hydrogen-bond acceptors (Lipinski definition) is 5. The van der Waals surface area contributed by atoms with E-state index in [1.165, 1.54) is 6.21 Å². The number of anilines is 1. The summed E-state index contributed by atoms with van der Waals surface area (Å²) in [7, 11) is 0. The summed E-state index contributed by atoms with van der Waals surface area (Å²) < 4.78 is 11.4. The van der Waals surface area contributed by atoms with Crippen molar-refractivity contribution >= 4 is 35.3 Å². The minimum atomic E-state index is -0.541. The number of carbonyl (C=O) groups is 2. The first-order valence-electron chi connectivity index (χ1n) is 9.79. The largest absolute Gasteiger partial charge is 0.490 e. The van der Waals surface area contributed by atoms with Crippen molar-refractivity contribution in [2.45, 2.75) is 33.1 Å². The highest BCUT2D eigenvalue weighted by atomic mass is 35.5. The van der Waals surface area contributed by atoms with Gasteiger partial charge in [-0.2, -0.15) is 5.10 Å². The zero-order valence-electron chi connectivity index (χ0n) is 17.1. The van der Waals surface area contributed by atoms with E-state index in [0.717, 1.165) is 18.4 Å². The highest BCUT2D eigenvalue weighted by molar-refractivity contribution is 6.33. The van der Waals surface area contributed by atoms with E-state index >= 15 is 0 Å². The van der Waals surface area contributed by atoms with Gasteiger partial charge in [-0.25, -0.2) is 5.43 Å². The number of para-hydroxylation sites is 1. The predicted octanol–water partition coefficient (Wildman–Crippen LogP) is 4.40. The average molecular weight is 432 g/mol. The molecule has 30 heavy (non-hydrogen) atoms. The molecule has 2 amide bonds. The Bertz CT molecular complexity index is 886. The number of hydrogen-bond donors (Lipinski definition) is 2. The number of nitrogens with one attached hydrogen (secondary N) is 2. The Balaban J connectivity index is 1.88. The molecule has 0 saturated heterocycles. The van der Waals surface area contributed by atoms with E-state index in [1.807, 2.05) is 13.0 Å². The predicted molar refractivity (Wildman–Crippen MR) is 118 cm³/mol. The van der Waals surface area contributed by atoms with Crippen LogP contribution in [0.4, 0.5) is 5.69 Å². The van der Waals surface area contributed by atoms with Gasteiger partial charge < -0.3 is 14.8 Å². The Morgan fingerprint density at radius 1 is 1.07 bits per heavy atom. The molecule has 0 unspecified atom stereocenters. The van der Waals surface area contributed by atoms with Gasteiger partial charge in [0.15, 0.2) is 11.5 Å². The average Bonchev–Trinajstić information content (AvgIpc) is 2.71. The van der Waals surface area contributed by atoms with Gasteiger partial charge in [0.2, 0.25) is 11.8 Å². The zero-order chi connectivity index (χ0) is 21.8. The summed E-state index contributed by atoms with van der Waals surface area (Å²) in [6.45, 7) is 5.12. The van der Waals surface area contributed by atoms with E-state index in [0.29, 0.717) is 35.4 Å². The third-order valence-corrected chi connectivity index (χ3v) is 4.22. The molecule has 0 aliphatic rings. The van der Waals surface area contributed by atoms with E-state index < -0.39 is 11.8 Å². The third kappa shape index (κ3) is 7.75. The summed E-state index contributed by atoms with van der Waals surface area (Å²) in [5, 5.41) is 6.88. The van der Waals surface area contributed by atoms with Crippen LogP contribution in [0.15, 0.2) is 47.6 Å². The molecule has 2 rings (SSSR count). The van der Waals surface area contributed by atoms with Gasteiger partial charge in [-0.15, -0.1) is 0 Å². The minimum Gasteiger partial charge on any atom is -0.490 e. The normalized spacial score (nSPS) is 10.6. The second kappa shape index (κ2) is 12.5. The number of carbonyl (C=O) groups excluding carboxylic acids is 2. The molecule has 0 fully saturated rings. The van der Waals surface area contributed by atoms with Crippen LogP contribution in [0.3, 0.4) is 0 Å². The van der Waals surface area contributed by atoms with E-state index in [9.17, 15) is 9.59 Å². The molecule has 0 aliphatic heterocycles. The molecule has 0 atom stereocenters. The number of halogens is 1. The Labute approximate surface area is 181 Å². The standard InChI is InChI=1S/C22H26ClN3O4/c1-3-5-12-30-19-11-10-16(13-20(19)29-4-2)15-24-26-22(28)14-21(27)25-18-9-7-6-8-17(18)23/h6-11,13,15H,3-5,12,14H2,1-2H3,(H,25,27)(H,26,28). The second-order valence-corrected chi connectivity index (χ2v) is 6.75. The van der Waals surface area contributed by atoms with Crippen molar-refractivity contribution in [1.82, 2.24) is 5.43 Å². The molecule has 0 aromatic heterocycles. The van der Waals surface area contributed by atoms with Gasteiger partial charge in [0, 0.05) is 0 Å². The minimum absolute atomic E-state index is 0.378. The van der Waals surface area contributed by atoms with E-state index in [-0.39, 0.29) is 6.42 Å². The van der Waals surface area contributed by atoms with Crippen LogP contribution >= 0.6 is 11.6 Å². The van der Waals surface area contributed by atoms with Crippen LogP contribution in [-0.2, 0) is 9.59 Å². The van der Waals surface area contributed by atoms with E-state index in [1.54, 1.807) is 36.4 Å². The van der Waals surface area contributed by atoms with Crippen LogP contribution in [0.5, 0.6) is 11.5 Å². The lowest BCUT2D eigenvalue weighted by Gasteiger charge is -2.12.